The number of fused-ring (bicyclic) bond motifs is 1. The van der Waals surface area contributed by atoms with Crippen molar-refractivity contribution < 1.29 is 14.3 Å². The summed E-state index contributed by atoms with van der Waals surface area (Å²) in [4.78, 5) is 31.7. The molecule has 1 aliphatic rings. The molecule has 0 radical (unpaired) electrons. The molecular weight excluding hydrogens is 461 g/mol. The van der Waals surface area contributed by atoms with Gasteiger partial charge in [0, 0.05) is 42.5 Å². The zero-order chi connectivity index (χ0) is 23.4. The molecule has 1 saturated heterocycles. The Morgan fingerprint density at radius 2 is 1.88 bits per heavy atom. The van der Waals surface area contributed by atoms with Crippen LogP contribution < -0.4 is 0 Å². The van der Waals surface area contributed by atoms with Crippen LogP contribution in [0.1, 0.15) is 37.6 Å². The smallest absolute Gasteiger partial charge is 0.310 e. The first-order valence-corrected chi connectivity index (χ1v) is 12.0. The van der Waals surface area contributed by atoms with E-state index in [4.69, 9.17) is 32.9 Å². The van der Waals surface area contributed by atoms with Crippen molar-refractivity contribution in [2.24, 2.45) is 5.92 Å². The van der Waals surface area contributed by atoms with Gasteiger partial charge < -0.3 is 14.2 Å². The number of benzene rings is 2. The van der Waals surface area contributed by atoms with Gasteiger partial charge in [-0.3, -0.25) is 9.59 Å². The molecule has 6 nitrogen and oxygen atoms in total. The third kappa shape index (κ3) is 5.33. The molecule has 1 fully saturated rings. The van der Waals surface area contributed by atoms with Gasteiger partial charge in [-0.1, -0.05) is 41.4 Å². The SMILES string of the molecule is CCOC(=O)[C@@H]1CCCN(C(=O)CCn2c(Cc3c(Cl)cccc3Cl)nc3ccccc32)C1. The number of amides is 1. The van der Waals surface area contributed by atoms with E-state index >= 15 is 0 Å². The summed E-state index contributed by atoms with van der Waals surface area (Å²) >= 11 is 12.8. The van der Waals surface area contributed by atoms with Gasteiger partial charge in [-0.2, -0.15) is 0 Å². The third-order valence-corrected chi connectivity index (χ3v) is 6.78. The monoisotopic (exact) mass is 487 g/mol. The first-order chi connectivity index (χ1) is 16.0. The number of ether oxygens (including phenoxy) is 1. The van der Waals surface area contributed by atoms with Gasteiger partial charge in [-0.15, -0.1) is 0 Å². The number of hydrogen-bond donors (Lipinski definition) is 0. The molecule has 1 aromatic heterocycles. The number of imidazole rings is 1. The highest BCUT2D eigenvalue weighted by Gasteiger charge is 2.29. The number of carbonyl (C=O) groups is 2. The summed E-state index contributed by atoms with van der Waals surface area (Å²) in [6, 6.07) is 13.3. The van der Waals surface area contributed by atoms with Crippen LogP contribution in [0.2, 0.25) is 10.0 Å². The number of para-hydroxylation sites is 2. The van der Waals surface area contributed by atoms with Crippen molar-refractivity contribution in [3.05, 3.63) is 63.9 Å². The fourth-order valence-electron chi connectivity index (χ4n) is 4.39. The summed E-state index contributed by atoms with van der Waals surface area (Å²) in [6.07, 6.45) is 2.35. The normalized spacial score (nSPS) is 16.2. The van der Waals surface area contributed by atoms with Crippen molar-refractivity contribution in [2.75, 3.05) is 19.7 Å². The van der Waals surface area contributed by atoms with E-state index in [9.17, 15) is 9.59 Å². The van der Waals surface area contributed by atoms with Crippen LogP contribution in [-0.4, -0.2) is 46.0 Å². The molecule has 174 valence electrons. The van der Waals surface area contributed by atoms with Crippen LogP contribution in [0, 0.1) is 5.92 Å². The fourth-order valence-corrected chi connectivity index (χ4v) is 4.92. The Balaban J connectivity index is 1.52. The van der Waals surface area contributed by atoms with E-state index in [-0.39, 0.29) is 17.8 Å². The highest BCUT2D eigenvalue weighted by atomic mass is 35.5. The second-order valence-corrected chi connectivity index (χ2v) is 9.04. The number of halogens is 2. The lowest BCUT2D eigenvalue weighted by Crippen LogP contribution is -2.43. The maximum absolute atomic E-state index is 13.0. The third-order valence-electron chi connectivity index (χ3n) is 6.07. The molecule has 0 spiro atoms. The lowest BCUT2D eigenvalue weighted by Gasteiger charge is -2.31. The Labute approximate surface area is 203 Å². The van der Waals surface area contributed by atoms with Gasteiger partial charge in [0.1, 0.15) is 5.82 Å². The topological polar surface area (TPSA) is 64.4 Å². The highest BCUT2D eigenvalue weighted by molar-refractivity contribution is 6.36. The van der Waals surface area contributed by atoms with E-state index < -0.39 is 0 Å². The van der Waals surface area contributed by atoms with Crippen molar-refractivity contribution >= 4 is 46.1 Å². The number of nitrogens with zero attached hydrogens (tertiary/aromatic N) is 3. The van der Waals surface area contributed by atoms with Crippen LogP contribution >= 0.6 is 23.2 Å². The predicted molar refractivity (Wildman–Crippen MR) is 130 cm³/mol. The summed E-state index contributed by atoms with van der Waals surface area (Å²) in [5, 5.41) is 1.19. The Bertz CT molecular complexity index is 1140. The predicted octanol–water partition coefficient (Wildman–Crippen LogP) is 5.13. The van der Waals surface area contributed by atoms with E-state index in [0.717, 1.165) is 35.3 Å². The standard InChI is InChI=1S/C25H27Cl2N3O3/c1-2-33-25(32)17-7-6-13-29(16-17)24(31)12-14-30-22-11-4-3-10-21(22)28-23(30)15-18-19(26)8-5-9-20(18)27/h3-5,8-11,17H,2,6-7,12-16H2,1H3/t17-/m1/s1. The molecule has 0 bridgehead atoms. The lowest BCUT2D eigenvalue weighted by molar-refractivity contribution is -0.151. The summed E-state index contributed by atoms with van der Waals surface area (Å²) < 4.78 is 7.23. The molecule has 1 aliphatic heterocycles. The lowest BCUT2D eigenvalue weighted by atomic mass is 9.98. The minimum Gasteiger partial charge on any atom is -0.466 e. The van der Waals surface area contributed by atoms with Crippen molar-refractivity contribution in [1.82, 2.24) is 14.5 Å². The van der Waals surface area contributed by atoms with E-state index in [1.54, 1.807) is 11.8 Å². The van der Waals surface area contributed by atoms with Gasteiger partial charge >= 0.3 is 5.97 Å². The molecule has 1 atom stereocenters. The molecule has 0 saturated carbocycles. The minimum absolute atomic E-state index is 0.0310. The summed E-state index contributed by atoms with van der Waals surface area (Å²) in [7, 11) is 0. The maximum Gasteiger partial charge on any atom is 0.310 e. The second-order valence-electron chi connectivity index (χ2n) is 8.23. The molecule has 4 rings (SSSR count). The van der Waals surface area contributed by atoms with Crippen LogP contribution in [0.5, 0.6) is 0 Å². The van der Waals surface area contributed by atoms with E-state index in [1.807, 2.05) is 42.5 Å². The Morgan fingerprint density at radius 1 is 1.12 bits per heavy atom. The number of rotatable bonds is 7. The molecule has 0 aliphatic carbocycles. The van der Waals surface area contributed by atoms with Gasteiger partial charge in [0.25, 0.3) is 0 Å². The zero-order valence-corrected chi connectivity index (χ0v) is 20.1. The molecule has 33 heavy (non-hydrogen) atoms. The van der Waals surface area contributed by atoms with Gasteiger partial charge in [0.05, 0.1) is 23.6 Å². The highest BCUT2D eigenvalue weighted by Crippen LogP contribution is 2.28. The molecule has 3 aromatic rings. The average Bonchev–Trinajstić information content (AvgIpc) is 3.17. The van der Waals surface area contributed by atoms with Crippen molar-refractivity contribution in [2.45, 2.75) is 39.2 Å². The quantitative estimate of drug-likeness (QED) is 0.433. The van der Waals surface area contributed by atoms with Crippen LogP contribution in [0.15, 0.2) is 42.5 Å². The summed E-state index contributed by atoms with van der Waals surface area (Å²) in [5.41, 5.74) is 2.65. The summed E-state index contributed by atoms with van der Waals surface area (Å²) in [5.74, 6) is 0.384. The molecule has 2 aromatic carbocycles. The fraction of sp³-hybridized carbons (Fsp3) is 0.400. The van der Waals surface area contributed by atoms with Crippen LogP contribution in [-0.2, 0) is 27.3 Å². The molecular formula is C25H27Cl2N3O3. The van der Waals surface area contributed by atoms with E-state index in [2.05, 4.69) is 4.57 Å². The van der Waals surface area contributed by atoms with Gasteiger partial charge in [0.15, 0.2) is 0 Å². The number of likely N-dealkylation sites (tertiary alicyclic amines) is 1. The largest absolute Gasteiger partial charge is 0.466 e. The summed E-state index contributed by atoms with van der Waals surface area (Å²) in [6.45, 7) is 3.73. The molecule has 1 amide bonds. The number of aryl methyl sites for hydroxylation is 1. The van der Waals surface area contributed by atoms with Crippen molar-refractivity contribution in [1.29, 1.82) is 0 Å². The Kier molecular flexibility index (Phi) is 7.56. The maximum atomic E-state index is 13.0. The molecule has 8 heteroatoms. The minimum atomic E-state index is -0.241. The Hall–Kier alpha value is -2.57. The Morgan fingerprint density at radius 3 is 2.64 bits per heavy atom. The second kappa shape index (κ2) is 10.6. The average molecular weight is 488 g/mol. The van der Waals surface area contributed by atoms with Crippen LogP contribution in [0.25, 0.3) is 11.0 Å². The van der Waals surface area contributed by atoms with E-state index in [0.29, 0.717) is 49.1 Å². The first kappa shape index (κ1) is 23.6. The number of esters is 1. The van der Waals surface area contributed by atoms with Crippen LogP contribution in [0.4, 0.5) is 0 Å². The number of aromatic nitrogens is 2. The zero-order valence-electron chi connectivity index (χ0n) is 18.6. The number of carbonyl (C=O) groups excluding carboxylic acids is 2. The van der Waals surface area contributed by atoms with Gasteiger partial charge in [0.2, 0.25) is 5.91 Å². The number of piperidine rings is 1. The van der Waals surface area contributed by atoms with Crippen molar-refractivity contribution in [3.63, 3.8) is 0 Å². The van der Waals surface area contributed by atoms with Crippen LogP contribution in [0.3, 0.4) is 0 Å². The van der Waals surface area contributed by atoms with E-state index in [1.165, 1.54) is 0 Å². The molecule has 0 N–H and O–H groups in total. The molecule has 0 unspecified atom stereocenters. The van der Waals surface area contributed by atoms with Crippen molar-refractivity contribution in [3.8, 4) is 0 Å². The first-order valence-electron chi connectivity index (χ1n) is 11.3. The van der Waals surface area contributed by atoms with Gasteiger partial charge in [-0.05, 0) is 49.6 Å². The number of hydrogen-bond acceptors (Lipinski definition) is 4. The molecule has 2 heterocycles. The van der Waals surface area contributed by atoms with Gasteiger partial charge in [-0.25, -0.2) is 4.98 Å².